The third kappa shape index (κ3) is 7.08. The van der Waals surface area contributed by atoms with Crippen molar-refractivity contribution in [1.29, 1.82) is 0 Å². The molecule has 1 rings (SSSR count). The summed E-state index contributed by atoms with van der Waals surface area (Å²) in [4.78, 5) is 35.1. The number of hydrogen-bond donors (Lipinski definition) is 0. The highest BCUT2D eigenvalue weighted by Gasteiger charge is 2.23. The fraction of sp³-hybridized carbons (Fsp3) is 0.500. The standard InChI is InChI=1S/C18H24O5/c1-4-6-8-13(3)22-17(20)12-18(21)23-15-9-10-16(19)14(11-15)7-5-2/h4-5,7,11,13,15H,1,6,8-10,12H2,2-3H3/b7-5-/t13-,15-/m0/s1. The molecule has 0 spiro atoms. The number of esters is 2. The molecule has 0 aromatic carbocycles. The summed E-state index contributed by atoms with van der Waals surface area (Å²) < 4.78 is 10.4. The molecule has 0 aromatic rings. The number of hydrogen-bond acceptors (Lipinski definition) is 5. The van der Waals surface area contributed by atoms with Crippen LogP contribution in [-0.4, -0.2) is 29.9 Å². The first-order valence-electron chi connectivity index (χ1n) is 7.83. The molecule has 0 unspecified atom stereocenters. The Kier molecular flexibility index (Phi) is 8.02. The predicted molar refractivity (Wildman–Crippen MR) is 86.6 cm³/mol. The minimum Gasteiger partial charge on any atom is -0.462 e. The maximum Gasteiger partial charge on any atom is 0.317 e. The van der Waals surface area contributed by atoms with E-state index in [0.717, 1.165) is 6.42 Å². The number of Topliss-reactive ketones (excluding diaryl/α,β-unsaturated/α-hetero) is 1. The summed E-state index contributed by atoms with van der Waals surface area (Å²) in [5.74, 6) is -1.21. The van der Waals surface area contributed by atoms with Crippen LogP contribution in [0.25, 0.3) is 0 Å². The summed E-state index contributed by atoms with van der Waals surface area (Å²) in [5.41, 5.74) is 0.539. The third-order valence-electron chi connectivity index (χ3n) is 3.37. The topological polar surface area (TPSA) is 69.7 Å². The molecule has 1 aliphatic carbocycles. The van der Waals surface area contributed by atoms with E-state index in [1.165, 1.54) is 0 Å². The number of allylic oxidation sites excluding steroid dienone is 4. The van der Waals surface area contributed by atoms with Gasteiger partial charge in [-0.2, -0.15) is 0 Å². The van der Waals surface area contributed by atoms with Crippen molar-refractivity contribution in [2.75, 3.05) is 0 Å². The lowest BCUT2D eigenvalue weighted by molar-refractivity contribution is -0.159. The van der Waals surface area contributed by atoms with Crippen molar-refractivity contribution in [3.8, 4) is 0 Å². The minimum absolute atomic E-state index is 0.0332. The first-order chi connectivity index (χ1) is 11.0. The summed E-state index contributed by atoms with van der Waals surface area (Å²) in [5, 5.41) is 0. The quantitative estimate of drug-likeness (QED) is 0.390. The molecule has 2 atom stereocenters. The second kappa shape index (κ2) is 9.77. The molecule has 1 aliphatic rings. The van der Waals surface area contributed by atoms with Crippen molar-refractivity contribution in [2.24, 2.45) is 0 Å². The molecule has 126 valence electrons. The van der Waals surface area contributed by atoms with E-state index in [-0.39, 0.29) is 11.9 Å². The van der Waals surface area contributed by atoms with E-state index >= 15 is 0 Å². The van der Waals surface area contributed by atoms with Gasteiger partial charge in [0.25, 0.3) is 0 Å². The van der Waals surface area contributed by atoms with Crippen LogP contribution in [0.15, 0.2) is 36.5 Å². The zero-order valence-electron chi connectivity index (χ0n) is 13.7. The van der Waals surface area contributed by atoms with Gasteiger partial charge in [0.2, 0.25) is 0 Å². The Morgan fingerprint density at radius 3 is 2.83 bits per heavy atom. The zero-order chi connectivity index (χ0) is 17.2. The number of carbonyl (C=O) groups excluding carboxylic acids is 3. The first kappa shape index (κ1) is 18.9. The Hall–Kier alpha value is -2.17. The highest BCUT2D eigenvalue weighted by atomic mass is 16.6. The number of carbonyl (C=O) groups is 3. The Labute approximate surface area is 137 Å². The molecule has 0 fully saturated rings. The largest absolute Gasteiger partial charge is 0.462 e. The molecular weight excluding hydrogens is 296 g/mol. The lowest BCUT2D eigenvalue weighted by Crippen LogP contribution is -2.25. The normalized spacial score (nSPS) is 19.1. The lowest BCUT2D eigenvalue weighted by Gasteiger charge is -2.19. The summed E-state index contributed by atoms with van der Waals surface area (Å²) in [6, 6.07) is 0. The highest BCUT2D eigenvalue weighted by Crippen LogP contribution is 2.19. The maximum absolute atomic E-state index is 11.8. The molecule has 0 bridgehead atoms. The molecule has 0 aromatic heterocycles. The Morgan fingerprint density at radius 2 is 2.17 bits per heavy atom. The van der Waals surface area contributed by atoms with Crippen LogP contribution in [0.5, 0.6) is 0 Å². The molecule has 0 amide bonds. The molecule has 5 nitrogen and oxygen atoms in total. The summed E-state index contributed by atoms with van der Waals surface area (Å²) in [6.07, 6.45) is 7.85. The molecule has 0 aliphatic heterocycles. The second-order valence-electron chi connectivity index (χ2n) is 5.46. The van der Waals surface area contributed by atoms with Crippen LogP contribution in [0.4, 0.5) is 0 Å². The summed E-state index contributed by atoms with van der Waals surface area (Å²) >= 11 is 0. The van der Waals surface area contributed by atoms with E-state index in [1.807, 2.05) is 6.92 Å². The second-order valence-corrected chi connectivity index (χ2v) is 5.46. The lowest BCUT2D eigenvalue weighted by atomic mass is 9.96. The van der Waals surface area contributed by atoms with Gasteiger partial charge in [-0.05, 0) is 39.2 Å². The van der Waals surface area contributed by atoms with Crippen molar-refractivity contribution < 1.29 is 23.9 Å². The van der Waals surface area contributed by atoms with Gasteiger partial charge in [0.1, 0.15) is 12.5 Å². The summed E-state index contributed by atoms with van der Waals surface area (Å²) in [7, 11) is 0. The number of ketones is 1. The fourth-order valence-electron chi connectivity index (χ4n) is 2.22. The van der Waals surface area contributed by atoms with Crippen LogP contribution < -0.4 is 0 Å². The Balaban J connectivity index is 2.45. The van der Waals surface area contributed by atoms with Gasteiger partial charge in [-0.1, -0.05) is 18.2 Å². The molecule has 0 saturated carbocycles. The third-order valence-corrected chi connectivity index (χ3v) is 3.37. The van der Waals surface area contributed by atoms with Gasteiger partial charge < -0.3 is 9.47 Å². The predicted octanol–water partition coefficient (Wildman–Crippen LogP) is 3.05. The highest BCUT2D eigenvalue weighted by molar-refractivity contribution is 5.99. The van der Waals surface area contributed by atoms with Crippen molar-refractivity contribution >= 4 is 17.7 Å². The molecule has 0 N–H and O–H groups in total. The Morgan fingerprint density at radius 1 is 1.43 bits per heavy atom. The van der Waals surface area contributed by atoms with E-state index in [0.29, 0.717) is 24.8 Å². The molecule has 0 saturated heterocycles. The van der Waals surface area contributed by atoms with Gasteiger partial charge in [0, 0.05) is 12.0 Å². The first-order valence-corrected chi connectivity index (χ1v) is 7.83. The van der Waals surface area contributed by atoms with Crippen LogP contribution in [0.3, 0.4) is 0 Å². The number of ether oxygens (including phenoxy) is 2. The van der Waals surface area contributed by atoms with Gasteiger partial charge in [-0.15, -0.1) is 6.58 Å². The SMILES string of the molecule is C=CCC[C@H](C)OC(=O)CC(=O)O[C@@H]1C=C(/C=C\C)C(=O)CC1. The number of rotatable bonds is 8. The van der Waals surface area contributed by atoms with Crippen LogP contribution >= 0.6 is 0 Å². The Bertz CT molecular complexity index is 516. The molecule has 0 heterocycles. The van der Waals surface area contributed by atoms with Crippen LogP contribution in [0.1, 0.15) is 46.0 Å². The molecule has 23 heavy (non-hydrogen) atoms. The molecular formula is C18H24O5. The van der Waals surface area contributed by atoms with Crippen molar-refractivity contribution in [2.45, 2.75) is 58.2 Å². The van der Waals surface area contributed by atoms with Crippen molar-refractivity contribution in [1.82, 2.24) is 0 Å². The van der Waals surface area contributed by atoms with Gasteiger partial charge in [-0.3, -0.25) is 14.4 Å². The van der Waals surface area contributed by atoms with E-state index in [4.69, 9.17) is 9.47 Å². The van der Waals surface area contributed by atoms with E-state index < -0.39 is 24.5 Å². The van der Waals surface area contributed by atoms with Gasteiger partial charge in [0.05, 0.1) is 6.10 Å². The molecule has 0 radical (unpaired) electrons. The fourth-order valence-corrected chi connectivity index (χ4v) is 2.22. The van der Waals surface area contributed by atoms with Crippen LogP contribution in [0, 0.1) is 0 Å². The van der Waals surface area contributed by atoms with Gasteiger partial charge >= 0.3 is 11.9 Å². The van der Waals surface area contributed by atoms with Gasteiger partial charge in [0.15, 0.2) is 5.78 Å². The van der Waals surface area contributed by atoms with Crippen molar-refractivity contribution in [3.05, 3.63) is 36.5 Å². The van der Waals surface area contributed by atoms with Crippen molar-refractivity contribution in [3.63, 3.8) is 0 Å². The maximum atomic E-state index is 11.8. The monoisotopic (exact) mass is 320 g/mol. The summed E-state index contributed by atoms with van der Waals surface area (Å²) in [6.45, 7) is 7.18. The van der Waals surface area contributed by atoms with E-state index in [1.54, 1.807) is 31.2 Å². The molecule has 5 heteroatoms. The zero-order valence-corrected chi connectivity index (χ0v) is 13.7. The van der Waals surface area contributed by atoms with E-state index in [2.05, 4.69) is 6.58 Å². The van der Waals surface area contributed by atoms with E-state index in [9.17, 15) is 14.4 Å². The van der Waals surface area contributed by atoms with Crippen LogP contribution in [0.2, 0.25) is 0 Å². The average Bonchev–Trinajstić information content (AvgIpc) is 2.48. The average molecular weight is 320 g/mol. The smallest absolute Gasteiger partial charge is 0.317 e. The minimum atomic E-state index is -0.638. The van der Waals surface area contributed by atoms with Crippen LogP contribution in [-0.2, 0) is 23.9 Å². The van der Waals surface area contributed by atoms with Gasteiger partial charge in [-0.25, -0.2) is 0 Å².